The van der Waals surface area contributed by atoms with E-state index in [2.05, 4.69) is 5.32 Å². The monoisotopic (exact) mass is 320 g/mol. The lowest BCUT2D eigenvalue weighted by molar-refractivity contribution is -0.119. The molecule has 0 bridgehead atoms. The molecule has 1 rings (SSSR count). The summed E-state index contributed by atoms with van der Waals surface area (Å²) in [4.78, 5) is 11.5. The smallest absolute Gasteiger partial charge is 0.235 e. The first-order valence-corrected chi connectivity index (χ1v) is 7.86. The molecule has 0 aliphatic carbocycles. The van der Waals surface area contributed by atoms with Crippen LogP contribution < -0.4 is 11.1 Å². The molecule has 1 unspecified atom stereocenters. The van der Waals surface area contributed by atoms with Crippen LogP contribution >= 0.6 is 11.6 Å². The third-order valence-electron chi connectivity index (χ3n) is 2.45. The lowest BCUT2D eigenvalue weighted by Crippen LogP contribution is -2.39. The minimum absolute atomic E-state index is 0.00254. The quantitative estimate of drug-likeness (QED) is 0.757. The number of halogens is 1. The summed E-state index contributed by atoms with van der Waals surface area (Å²) in [5.41, 5.74) is 5.64. The zero-order valence-corrected chi connectivity index (χ0v) is 12.8. The minimum Gasteiger partial charge on any atom is -0.398 e. The van der Waals surface area contributed by atoms with Gasteiger partial charge in [0.25, 0.3) is 0 Å². The summed E-state index contributed by atoms with van der Waals surface area (Å²) < 4.78 is 29.2. The maximum absolute atomic E-state index is 12.2. The van der Waals surface area contributed by atoms with Crippen LogP contribution in [0.25, 0.3) is 0 Å². The van der Waals surface area contributed by atoms with Crippen LogP contribution in [0.4, 0.5) is 5.69 Å². The van der Waals surface area contributed by atoms with Crippen molar-refractivity contribution in [2.24, 2.45) is 0 Å². The van der Waals surface area contributed by atoms with Crippen molar-refractivity contribution in [2.75, 3.05) is 25.2 Å². The molecule has 0 fully saturated rings. The van der Waals surface area contributed by atoms with Crippen molar-refractivity contribution in [1.82, 2.24) is 5.32 Å². The molecule has 0 saturated carbocycles. The second kappa shape index (κ2) is 6.92. The first kappa shape index (κ1) is 16.7. The van der Waals surface area contributed by atoms with Gasteiger partial charge in [-0.15, -0.1) is 0 Å². The standard InChI is InChI=1S/C12H17ClN2O4S/c1-8(6-19-2)15-11(16)7-20(17,18)12-9(13)4-3-5-10(12)14/h3-5,8H,6-7,14H2,1-2H3,(H,15,16). The highest BCUT2D eigenvalue weighted by Gasteiger charge is 2.25. The van der Waals surface area contributed by atoms with Crippen LogP contribution in [0.3, 0.4) is 0 Å². The molecule has 0 aromatic heterocycles. The number of ether oxygens (including phenoxy) is 1. The number of rotatable bonds is 6. The molecule has 3 N–H and O–H groups in total. The lowest BCUT2D eigenvalue weighted by Gasteiger charge is -2.13. The summed E-state index contributed by atoms with van der Waals surface area (Å²) in [6.07, 6.45) is 0. The number of anilines is 1. The number of hydrogen-bond acceptors (Lipinski definition) is 5. The SMILES string of the molecule is COCC(C)NC(=O)CS(=O)(=O)c1c(N)cccc1Cl. The molecule has 1 aromatic carbocycles. The number of nitrogens with one attached hydrogen (secondary N) is 1. The summed E-state index contributed by atoms with van der Waals surface area (Å²) in [7, 11) is -2.40. The molecule has 0 saturated heterocycles. The fourth-order valence-electron chi connectivity index (χ4n) is 1.71. The number of carbonyl (C=O) groups excluding carboxylic acids is 1. The largest absolute Gasteiger partial charge is 0.398 e. The zero-order valence-electron chi connectivity index (χ0n) is 11.2. The summed E-state index contributed by atoms with van der Waals surface area (Å²) in [6.45, 7) is 2.00. The summed E-state index contributed by atoms with van der Waals surface area (Å²) in [5.74, 6) is -1.34. The Kier molecular flexibility index (Phi) is 5.79. The Labute approximate surface area is 123 Å². The number of nitrogen functional groups attached to an aromatic ring is 1. The number of amides is 1. The van der Waals surface area contributed by atoms with E-state index in [1.807, 2.05) is 0 Å². The van der Waals surface area contributed by atoms with Gasteiger partial charge in [0.1, 0.15) is 10.6 Å². The van der Waals surface area contributed by atoms with Crippen LogP contribution in [0.15, 0.2) is 23.1 Å². The normalized spacial score (nSPS) is 12.9. The summed E-state index contributed by atoms with van der Waals surface area (Å²) in [6, 6.07) is 4.09. The molecule has 0 aliphatic rings. The van der Waals surface area contributed by atoms with Gasteiger partial charge in [-0.25, -0.2) is 8.42 Å². The minimum atomic E-state index is -3.89. The van der Waals surface area contributed by atoms with Gasteiger partial charge in [0.05, 0.1) is 17.3 Å². The highest BCUT2D eigenvalue weighted by Crippen LogP contribution is 2.27. The highest BCUT2D eigenvalue weighted by atomic mass is 35.5. The number of methoxy groups -OCH3 is 1. The van der Waals surface area contributed by atoms with Crippen LogP contribution in [0, 0.1) is 0 Å². The van der Waals surface area contributed by atoms with E-state index in [1.165, 1.54) is 25.3 Å². The van der Waals surface area contributed by atoms with E-state index in [9.17, 15) is 13.2 Å². The van der Waals surface area contributed by atoms with Crippen LogP contribution in [-0.2, 0) is 19.4 Å². The maximum atomic E-state index is 12.2. The van der Waals surface area contributed by atoms with E-state index >= 15 is 0 Å². The van der Waals surface area contributed by atoms with E-state index < -0.39 is 21.5 Å². The van der Waals surface area contributed by atoms with Crippen LogP contribution in [-0.4, -0.2) is 39.8 Å². The lowest BCUT2D eigenvalue weighted by atomic mass is 10.3. The van der Waals surface area contributed by atoms with Gasteiger partial charge in [-0.05, 0) is 19.1 Å². The van der Waals surface area contributed by atoms with E-state index in [-0.39, 0.29) is 21.6 Å². The molecule has 1 atom stereocenters. The number of nitrogens with two attached hydrogens (primary N) is 1. The van der Waals surface area contributed by atoms with Gasteiger partial charge < -0.3 is 15.8 Å². The maximum Gasteiger partial charge on any atom is 0.235 e. The Hall–Kier alpha value is -1.31. The molecule has 1 amide bonds. The average Bonchev–Trinajstić information content (AvgIpc) is 2.26. The van der Waals surface area contributed by atoms with Gasteiger partial charge in [0, 0.05) is 13.2 Å². The second-order valence-electron chi connectivity index (χ2n) is 4.34. The van der Waals surface area contributed by atoms with Crippen molar-refractivity contribution in [3.63, 3.8) is 0 Å². The fourth-order valence-corrected chi connectivity index (χ4v) is 3.61. The Bertz CT molecular complexity index is 569. The number of sulfone groups is 1. The van der Waals surface area contributed by atoms with Crippen molar-refractivity contribution in [3.8, 4) is 0 Å². The predicted octanol–water partition coefficient (Wildman–Crippen LogP) is 0.847. The number of carbonyl (C=O) groups is 1. The van der Waals surface area contributed by atoms with Gasteiger partial charge in [0.2, 0.25) is 5.91 Å². The van der Waals surface area contributed by atoms with Crippen LogP contribution in [0.1, 0.15) is 6.92 Å². The van der Waals surface area contributed by atoms with Crippen LogP contribution in [0.5, 0.6) is 0 Å². The van der Waals surface area contributed by atoms with Gasteiger partial charge in [-0.2, -0.15) is 0 Å². The summed E-state index contributed by atoms with van der Waals surface area (Å²) >= 11 is 5.84. The molecule has 6 nitrogen and oxygen atoms in total. The predicted molar refractivity (Wildman–Crippen MR) is 77.4 cm³/mol. The van der Waals surface area contributed by atoms with Crippen molar-refractivity contribution >= 4 is 33.0 Å². The molecular formula is C12H17ClN2O4S. The van der Waals surface area contributed by atoms with Crippen LogP contribution in [0.2, 0.25) is 5.02 Å². The average molecular weight is 321 g/mol. The van der Waals surface area contributed by atoms with Crippen molar-refractivity contribution < 1.29 is 17.9 Å². The van der Waals surface area contributed by atoms with E-state index in [1.54, 1.807) is 6.92 Å². The van der Waals surface area contributed by atoms with Gasteiger partial charge in [0.15, 0.2) is 9.84 Å². The van der Waals surface area contributed by atoms with E-state index in [4.69, 9.17) is 22.1 Å². The number of benzene rings is 1. The second-order valence-corrected chi connectivity index (χ2v) is 6.67. The van der Waals surface area contributed by atoms with Gasteiger partial charge in [-0.3, -0.25) is 4.79 Å². The molecule has 8 heteroatoms. The van der Waals surface area contributed by atoms with Crippen molar-refractivity contribution in [3.05, 3.63) is 23.2 Å². The molecule has 1 aromatic rings. The van der Waals surface area contributed by atoms with E-state index in [0.717, 1.165) is 0 Å². The fraction of sp³-hybridized carbons (Fsp3) is 0.417. The van der Waals surface area contributed by atoms with Gasteiger partial charge in [-0.1, -0.05) is 17.7 Å². The zero-order chi connectivity index (χ0) is 15.3. The highest BCUT2D eigenvalue weighted by molar-refractivity contribution is 7.92. The molecule has 0 heterocycles. The molecule has 20 heavy (non-hydrogen) atoms. The first-order chi connectivity index (χ1) is 9.27. The first-order valence-electron chi connectivity index (χ1n) is 5.83. The Morgan fingerprint density at radius 1 is 1.50 bits per heavy atom. The Morgan fingerprint density at radius 2 is 2.15 bits per heavy atom. The summed E-state index contributed by atoms with van der Waals surface area (Å²) in [5, 5.41) is 2.52. The molecule has 0 radical (unpaired) electrons. The van der Waals surface area contributed by atoms with Gasteiger partial charge >= 0.3 is 0 Å². The van der Waals surface area contributed by atoms with Crippen molar-refractivity contribution in [1.29, 1.82) is 0 Å². The molecule has 0 spiro atoms. The Balaban J connectivity index is 2.88. The van der Waals surface area contributed by atoms with Crippen molar-refractivity contribution in [2.45, 2.75) is 17.9 Å². The third kappa shape index (κ3) is 4.36. The van der Waals surface area contributed by atoms with E-state index in [0.29, 0.717) is 6.61 Å². The third-order valence-corrected chi connectivity index (χ3v) is 4.60. The topological polar surface area (TPSA) is 98.5 Å². The molecule has 0 aliphatic heterocycles. The molecule has 112 valence electrons. The Morgan fingerprint density at radius 3 is 2.70 bits per heavy atom. The molecular weight excluding hydrogens is 304 g/mol. The number of hydrogen-bond donors (Lipinski definition) is 2.